The Balaban J connectivity index is 2.02. The van der Waals surface area contributed by atoms with Gasteiger partial charge in [-0.15, -0.1) is 24.0 Å². The first kappa shape index (κ1) is 12.9. The molecule has 1 atom stereocenters. The second-order valence-electron chi connectivity index (χ2n) is 4.40. The lowest BCUT2D eigenvalue weighted by Crippen LogP contribution is -2.53. The van der Waals surface area contributed by atoms with Crippen LogP contribution in [0.3, 0.4) is 0 Å². The first-order chi connectivity index (χ1) is 8.11. The molecule has 94 valence electrons. The van der Waals surface area contributed by atoms with Crippen LogP contribution < -0.4 is 0 Å². The van der Waals surface area contributed by atoms with Crippen molar-refractivity contribution < 1.29 is 4.79 Å². The van der Waals surface area contributed by atoms with Crippen LogP contribution in [-0.2, 0) is 0 Å². The van der Waals surface area contributed by atoms with Crippen LogP contribution in [-0.4, -0.2) is 47.9 Å². The molecule has 1 aliphatic heterocycles. The summed E-state index contributed by atoms with van der Waals surface area (Å²) in [6.07, 6.45) is 0. The predicted octanol–water partition coefficient (Wildman–Crippen LogP) is 2.20. The van der Waals surface area contributed by atoms with E-state index in [9.17, 15) is 4.79 Å². The van der Waals surface area contributed by atoms with Gasteiger partial charge in [0.2, 0.25) is 0 Å². The van der Waals surface area contributed by atoms with E-state index in [1.165, 1.54) is 11.3 Å². The fourth-order valence-electron chi connectivity index (χ4n) is 2.24. The van der Waals surface area contributed by atoms with Crippen molar-refractivity contribution in [2.24, 2.45) is 0 Å². The number of rotatable bonds is 2. The van der Waals surface area contributed by atoms with Crippen LogP contribution in [0, 0.1) is 0 Å². The number of piperazine rings is 1. The molecule has 2 heterocycles. The third-order valence-electron chi connectivity index (χ3n) is 3.25. The zero-order chi connectivity index (χ0) is 12.4. The van der Waals surface area contributed by atoms with Gasteiger partial charge in [0.05, 0.1) is 4.88 Å². The maximum absolute atomic E-state index is 12.2. The molecule has 0 saturated carbocycles. The Hall–Kier alpha value is -0.520. The Morgan fingerprint density at radius 3 is 2.88 bits per heavy atom. The van der Waals surface area contributed by atoms with E-state index in [2.05, 4.69) is 31.4 Å². The molecule has 0 spiro atoms. The van der Waals surface area contributed by atoms with Crippen molar-refractivity contribution in [2.75, 3.05) is 26.2 Å². The lowest BCUT2D eigenvalue weighted by atomic mass is 10.2. The summed E-state index contributed by atoms with van der Waals surface area (Å²) in [5, 5.41) is 1.90. The van der Waals surface area contributed by atoms with Crippen LogP contribution in [0.25, 0.3) is 0 Å². The molecule has 2 rings (SSSR count). The highest BCUT2D eigenvalue weighted by molar-refractivity contribution is 7.80. The van der Waals surface area contributed by atoms with E-state index in [-0.39, 0.29) is 5.91 Å². The monoisotopic (exact) mass is 270 g/mol. The number of carbonyl (C=O) groups excluding carboxylic acids is 1. The highest BCUT2D eigenvalue weighted by atomic mass is 32.1. The van der Waals surface area contributed by atoms with Gasteiger partial charge in [0.15, 0.2) is 0 Å². The van der Waals surface area contributed by atoms with Gasteiger partial charge in [0, 0.05) is 36.0 Å². The van der Waals surface area contributed by atoms with E-state index >= 15 is 0 Å². The molecule has 1 saturated heterocycles. The average molecular weight is 270 g/mol. The Labute approximate surface area is 112 Å². The molecule has 0 N–H and O–H groups in total. The van der Waals surface area contributed by atoms with Crippen molar-refractivity contribution in [3.05, 3.63) is 16.3 Å². The molecule has 1 unspecified atom stereocenters. The molecule has 1 fully saturated rings. The SMILES string of the molecule is CCN1CCN(C(=O)c2cc(S)cs2)CC1C. The minimum Gasteiger partial charge on any atom is -0.335 e. The molecule has 1 amide bonds. The van der Waals surface area contributed by atoms with Crippen molar-refractivity contribution in [1.29, 1.82) is 0 Å². The zero-order valence-electron chi connectivity index (χ0n) is 10.2. The molecule has 5 heteroatoms. The van der Waals surface area contributed by atoms with Gasteiger partial charge in [0.25, 0.3) is 5.91 Å². The van der Waals surface area contributed by atoms with Crippen molar-refractivity contribution in [2.45, 2.75) is 24.8 Å². The lowest BCUT2D eigenvalue weighted by molar-refractivity contribution is 0.0532. The summed E-state index contributed by atoms with van der Waals surface area (Å²) in [7, 11) is 0. The van der Waals surface area contributed by atoms with E-state index in [4.69, 9.17) is 0 Å². The van der Waals surface area contributed by atoms with E-state index in [0.717, 1.165) is 36.0 Å². The standard InChI is InChI=1S/C12H18N2OS2/c1-3-13-4-5-14(7-9(13)2)12(15)11-6-10(16)8-17-11/h6,8-9,16H,3-5,7H2,1-2H3. The van der Waals surface area contributed by atoms with Crippen LogP contribution in [0.5, 0.6) is 0 Å². The van der Waals surface area contributed by atoms with E-state index in [1.54, 1.807) is 0 Å². The molecule has 3 nitrogen and oxygen atoms in total. The second-order valence-corrected chi connectivity index (χ2v) is 5.83. The van der Waals surface area contributed by atoms with Gasteiger partial charge in [-0.2, -0.15) is 0 Å². The van der Waals surface area contributed by atoms with Crippen molar-refractivity contribution in [3.63, 3.8) is 0 Å². The summed E-state index contributed by atoms with van der Waals surface area (Å²) in [6, 6.07) is 2.31. The molecule has 1 aromatic heterocycles. The van der Waals surface area contributed by atoms with Crippen molar-refractivity contribution in [3.8, 4) is 0 Å². The van der Waals surface area contributed by atoms with E-state index in [1.807, 2.05) is 16.3 Å². The summed E-state index contributed by atoms with van der Waals surface area (Å²) < 4.78 is 0. The predicted molar refractivity (Wildman–Crippen MR) is 74.2 cm³/mol. The largest absolute Gasteiger partial charge is 0.335 e. The topological polar surface area (TPSA) is 23.6 Å². The number of thiol groups is 1. The van der Waals surface area contributed by atoms with Crippen LogP contribution >= 0.6 is 24.0 Å². The number of nitrogens with zero attached hydrogens (tertiary/aromatic N) is 2. The van der Waals surface area contributed by atoms with E-state index < -0.39 is 0 Å². The molecular weight excluding hydrogens is 252 g/mol. The maximum Gasteiger partial charge on any atom is 0.264 e. The first-order valence-electron chi connectivity index (χ1n) is 5.92. The summed E-state index contributed by atoms with van der Waals surface area (Å²) in [4.78, 5) is 18.3. The number of amides is 1. The van der Waals surface area contributed by atoms with Gasteiger partial charge in [-0.25, -0.2) is 0 Å². The molecule has 0 aromatic carbocycles. The second kappa shape index (κ2) is 5.42. The Morgan fingerprint density at radius 2 is 2.35 bits per heavy atom. The van der Waals surface area contributed by atoms with Crippen molar-refractivity contribution >= 4 is 29.9 Å². The van der Waals surface area contributed by atoms with Crippen LogP contribution in [0.15, 0.2) is 16.3 Å². The third-order valence-corrected chi connectivity index (χ3v) is 4.61. The molecular formula is C12H18N2OS2. The van der Waals surface area contributed by atoms with Crippen LogP contribution in [0.4, 0.5) is 0 Å². The van der Waals surface area contributed by atoms with Gasteiger partial charge >= 0.3 is 0 Å². The van der Waals surface area contributed by atoms with Gasteiger partial charge in [0.1, 0.15) is 0 Å². The highest BCUT2D eigenvalue weighted by Gasteiger charge is 2.26. The Morgan fingerprint density at radius 1 is 1.59 bits per heavy atom. The lowest BCUT2D eigenvalue weighted by Gasteiger charge is -2.39. The summed E-state index contributed by atoms with van der Waals surface area (Å²) in [6.45, 7) is 8.04. The van der Waals surface area contributed by atoms with Crippen LogP contribution in [0.2, 0.25) is 0 Å². The van der Waals surface area contributed by atoms with Crippen LogP contribution in [0.1, 0.15) is 23.5 Å². The first-order valence-corrected chi connectivity index (χ1v) is 7.25. The smallest absolute Gasteiger partial charge is 0.264 e. The minimum atomic E-state index is 0.151. The molecule has 0 aliphatic carbocycles. The normalized spacial score (nSPS) is 21.8. The number of thiophene rings is 1. The van der Waals surface area contributed by atoms with Gasteiger partial charge in [-0.3, -0.25) is 9.69 Å². The average Bonchev–Trinajstić information content (AvgIpc) is 2.75. The fourth-order valence-corrected chi connectivity index (χ4v) is 3.36. The summed E-state index contributed by atoms with van der Waals surface area (Å²) >= 11 is 5.72. The maximum atomic E-state index is 12.2. The summed E-state index contributed by atoms with van der Waals surface area (Å²) in [5.41, 5.74) is 0. The third kappa shape index (κ3) is 2.84. The minimum absolute atomic E-state index is 0.151. The summed E-state index contributed by atoms with van der Waals surface area (Å²) in [5.74, 6) is 0.151. The quantitative estimate of drug-likeness (QED) is 0.833. The Kier molecular flexibility index (Phi) is 4.12. The van der Waals surface area contributed by atoms with Crippen molar-refractivity contribution in [1.82, 2.24) is 9.80 Å². The number of likely N-dealkylation sites (N-methyl/N-ethyl adjacent to an activating group) is 1. The van der Waals surface area contributed by atoms with Gasteiger partial charge in [-0.05, 0) is 19.5 Å². The Bertz CT molecular complexity index is 405. The number of hydrogen-bond donors (Lipinski definition) is 1. The molecule has 0 bridgehead atoms. The van der Waals surface area contributed by atoms with Gasteiger partial charge < -0.3 is 4.90 Å². The zero-order valence-corrected chi connectivity index (χ0v) is 11.9. The molecule has 1 aromatic rings. The molecule has 17 heavy (non-hydrogen) atoms. The molecule has 1 aliphatic rings. The molecule has 0 radical (unpaired) electrons. The number of hydrogen-bond acceptors (Lipinski definition) is 4. The fraction of sp³-hybridized carbons (Fsp3) is 0.583. The highest BCUT2D eigenvalue weighted by Crippen LogP contribution is 2.21. The number of carbonyl (C=O) groups is 1. The van der Waals surface area contributed by atoms with E-state index in [0.29, 0.717) is 6.04 Å². The van der Waals surface area contributed by atoms with Gasteiger partial charge in [-0.1, -0.05) is 6.92 Å².